The molecule has 0 saturated heterocycles. The molecular formula is C22H19N3O3. The Morgan fingerprint density at radius 3 is 2.64 bits per heavy atom. The molecule has 0 spiro atoms. The number of carbonyl (C=O) groups is 2. The number of ether oxygens (including phenoxy) is 1. The molecule has 2 heterocycles. The van der Waals surface area contributed by atoms with Gasteiger partial charge in [0.1, 0.15) is 5.75 Å². The summed E-state index contributed by atoms with van der Waals surface area (Å²) in [7, 11) is 1.76. The summed E-state index contributed by atoms with van der Waals surface area (Å²) in [6.07, 6.45) is 1.72. The van der Waals surface area contributed by atoms with Crippen molar-refractivity contribution in [2.24, 2.45) is 0 Å². The maximum atomic E-state index is 13.2. The van der Waals surface area contributed by atoms with Gasteiger partial charge in [-0.25, -0.2) is 0 Å². The number of rotatable bonds is 4. The Morgan fingerprint density at radius 1 is 1.11 bits per heavy atom. The Kier molecular flexibility index (Phi) is 4.76. The number of anilines is 1. The van der Waals surface area contributed by atoms with Gasteiger partial charge in [-0.15, -0.1) is 0 Å². The number of amides is 2. The van der Waals surface area contributed by atoms with Crippen LogP contribution < -0.4 is 10.1 Å². The van der Waals surface area contributed by atoms with E-state index in [1.807, 2.05) is 48.5 Å². The molecule has 2 amide bonds. The Morgan fingerprint density at radius 2 is 1.89 bits per heavy atom. The van der Waals surface area contributed by atoms with E-state index in [-0.39, 0.29) is 24.5 Å². The van der Waals surface area contributed by atoms with E-state index < -0.39 is 0 Å². The first-order valence-electron chi connectivity index (χ1n) is 8.93. The van der Waals surface area contributed by atoms with E-state index in [0.29, 0.717) is 17.0 Å². The highest BCUT2D eigenvalue weighted by molar-refractivity contribution is 5.99. The average molecular weight is 373 g/mol. The molecule has 1 aliphatic heterocycles. The molecule has 0 bridgehead atoms. The summed E-state index contributed by atoms with van der Waals surface area (Å²) in [5.41, 5.74) is 2.80. The molecule has 6 nitrogen and oxygen atoms in total. The zero-order valence-electron chi connectivity index (χ0n) is 15.3. The summed E-state index contributed by atoms with van der Waals surface area (Å²) < 4.78 is 5.44. The molecule has 0 saturated carbocycles. The molecule has 2 aromatic carbocycles. The fourth-order valence-electron chi connectivity index (χ4n) is 3.29. The highest BCUT2D eigenvalue weighted by Gasteiger charge is 2.26. The number of pyridine rings is 1. The van der Waals surface area contributed by atoms with E-state index in [9.17, 15) is 9.59 Å². The lowest BCUT2D eigenvalue weighted by Gasteiger charge is -2.29. The number of aromatic nitrogens is 1. The number of nitrogens with zero attached hydrogens (tertiary/aromatic N) is 2. The minimum Gasteiger partial charge on any atom is -0.482 e. The normalized spacial score (nSPS) is 13.7. The number of nitrogens with one attached hydrogen (secondary N) is 1. The van der Waals surface area contributed by atoms with E-state index in [4.69, 9.17) is 4.74 Å². The summed E-state index contributed by atoms with van der Waals surface area (Å²) in [6.45, 7) is -0.0545. The molecule has 3 aromatic rings. The van der Waals surface area contributed by atoms with Crippen LogP contribution in [-0.4, -0.2) is 35.4 Å². The quantitative estimate of drug-likeness (QED) is 0.762. The van der Waals surface area contributed by atoms with Crippen LogP contribution >= 0.6 is 0 Å². The fraction of sp³-hybridized carbons (Fsp3) is 0.136. The van der Waals surface area contributed by atoms with Crippen LogP contribution in [0.5, 0.6) is 5.75 Å². The van der Waals surface area contributed by atoms with Gasteiger partial charge < -0.3 is 15.0 Å². The fourth-order valence-corrected chi connectivity index (χ4v) is 3.29. The maximum Gasteiger partial charge on any atom is 0.262 e. The van der Waals surface area contributed by atoms with Gasteiger partial charge in [0, 0.05) is 18.8 Å². The molecule has 1 atom stereocenters. The molecule has 1 aliphatic rings. The highest BCUT2D eigenvalue weighted by Crippen LogP contribution is 2.31. The van der Waals surface area contributed by atoms with E-state index in [1.165, 1.54) is 0 Å². The van der Waals surface area contributed by atoms with E-state index in [1.54, 1.807) is 36.3 Å². The van der Waals surface area contributed by atoms with Gasteiger partial charge in [-0.3, -0.25) is 14.6 Å². The summed E-state index contributed by atoms with van der Waals surface area (Å²) in [4.78, 5) is 30.8. The number of hydrogen-bond acceptors (Lipinski definition) is 4. The zero-order chi connectivity index (χ0) is 19.5. The number of carbonyl (C=O) groups excluding carboxylic acids is 2. The Balaban J connectivity index is 1.68. The predicted molar refractivity (Wildman–Crippen MR) is 105 cm³/mol. The zero-order valence-corrected chi connectivity index (χ0v) is 15.3. The third-order valence-electron chi connectivity index (χ3n) is 4.65. The molecule has 1 unspecified atom stereocenters. The Bertz CT molecular complexity index is 967. The lowest BCUT2D eigenvalue weighted by atomic mass is 10.0. The van der Waals surface area contributed by atoms with Gasteiger partial charge in [0.25, 0.3) is 11.8 Å². The third kappa shape index (κ3) is 3.44. The van der Waals surface area contributed by atoms with Crippen molar-refractivity contribution >= 4 is 17.5 Å². The van der Waals surface area contributed by atoms with Gasteiger partial charge in [-0.1, -0.05) is 36.4 Å². The summed E-state index contributed by atoms with van der Waals surface area (Å²) in [6, 6.07) is 20.2. The highest BCUT2D eigenvalue weighted by atomic mass is 16.5. The maximum absolute atomic E-state index is 13.2. The van der Waals surface area contributed by atoms with Crippen LogP contribution in [0, 0.1) is 0 Å². The van der Waals surface area contributed by atoms with Crippen LogP contribution in [-0.2, 0) is 4.79 Å². The lowest BCUT2D eigenvalue weighted by Crippen LogP contribution is -2.33. The molecule has 0 radical (unpaired) electrons. The molecule has 6 heteroatoms. The monoisotopic (exact) mass is 373 g/mol. The Labute approximate surface area is 162 Å². The topological polar surface area (TPSA) is 71.5 Å². The van der Waals surface area contributed by atoms with Crippen LogP contribution in [0.25, 0.3) is 0 Å². The SMILES string of the molecule is CN(C(=O)c1ccc2c(c1)OCC(=O)N2)C(c1ccccc1)c1ccccn1. The lowest BCUT2D eigenvalue weighted by molar-refractivity contribution is -0.118. The van der Waals surface area contributed by atoms with E-state index in [0.717, 1.165) is 11.3 Å². The van der Waals surface area contributed by atoms with Crippen molar-refractivity contribution in [1.29, 1.82) is 0 Å². The summed E-state index contributed by atoms with van der Waals surface area (Å²) >= 11 is 0. The second-order valence-corrected chi connectivity index (χ2v) is 6.53. The third-order valence-corrected chi connectivity index (χ3v) is 4.65. The number of hydrogen-bond donors (Lipinski definition) is 1. The van der Waals surface area contributed by atoms with Gasteiger partial charge in [0.05, 0.1) is 17.4 Å². The molecular weight excluding hydrogens is 354 g/mol. The molecule has 28 heavy (non-hydrogen) atoms. The average Bonchev–Trinajstić information content (AvgIpc) is 2.74. The molecule has 4 rings (SSSR count). The second-order valence-electron chi connectivity index (χ2n) is 6.53. The van der Waals surface area contributed by atoms with Crippen LogP contribution in [0.15, 0.2) is 72.9 Å². The van der Waals surface area contributed by atoms with Crippen LogP contribution in [0.4, 0.5) is 5.69 Å². The van der Waals surface area contributed by atoms with Gasteiger partial charge in [0.15, 0.2) is 6.61 Å². The van der Waals surface area contributed by atoms with Gasteiger partial charge >= 0.3 is 0 Å². The first-order valence-corrected chi connectivity index (χ1v) is 8.93. The van der Waals surface area contributed by atoms with Gasteiger partial charge in [0.2, 0.25) is 0 Å². The summed E-state index contributed by atoms with van der Waals surface area (Å²) in [5, 5.41) is 2.73. The van der Waals surface area contributed by atoms with Gasteiger partial charge in [-0.05, 0) is 35.9 Å². The molecule has 0 aliphatic carbocycles. The van der Waals surface area contributed by atoms with E-state index >= 15 is 0 Å². The van der Waals surface area contributed by atoms with Crippen molar-refractivity contribution in [3.8, 4) is 5.75 Å². The largest absolute Gasteiger partial charge is 0.482 e. The minimum atomic E-state index is -0.327. The summed E-state index contributed by atoms with van der Waals surface area (Å²) in [5.74, 6) is 0.124. The first kappa shape index (κ1) is 17.7. The first-order chi connectivity index (χ1) is 13.6. The van der Waals surface area contributed by atoms with Crippen molar-refractivity contribution in [3.63, 3.8) is 0 Å². The molecule has 140 valence electrons. The van der Waals surface area contributed by atoms with Crippen molar-refractivity contribution < 1.29 is 14.3 Å². The minimum absolute atomic E-state index is 0.0545. The Hall–Kier alpha value is -3.67. The number of fused-ring (bicyclic) bond motifs is 1. The molecule has 1 N–H and O–H groups in total. The molecule has 1 aromatic heterocycles. The predicted octanol–water partition coefficient (Wildman–Crippen LogP) is 3.27. The van der Waals surface area contributed by atoms with Crippen LogP contribution in [0.1, 0.15) is 27.7 Å². The van der Waals surface area contributed by atoms with E-state index in [2.05, 4.69) is 10.3 Å². The molecule has 0 fully saturated rings. The van der Waals surface area contributed by atoms with Gasteiger partial charge in [-0.2, -0.15) is 0 Å². The van der Waals surface area contributed by atoms with Crippen molar-refractivity contribution in [3.05, 3.63) is 89.7 Å². The van der Waals surface area contributed by atoms with Crippen molar-refractivity contribution in [2.75, 3.05) is 19.0 Å². The van der Waals surface area contributed by atoms with Crippen LogP contribution in [0.3, 0.4) is 0 Å². The standard InChI is InChI=1S/C22H19N3O3/c1-25(21(15-7-3-2-4-8-15)18-9-5-6-12-23-18)22(27)16-10-11-17-19(13-16)28-14-20(26)24-17/h2-13,21H,14H2,1H3,(H,24,26). The number of benzene rings is 2. The smallest absolute Gasteiger partial charge is 0.262 e. The van der Waals surface area contributed by atoms with Crippen molar-refractivity contribution in [2.45, 2.75) is 6.04 Å². The van der Waals surface area contributed by atoms with Crippen molar-refractivity contribution in [1.82, 2.24) is 9.88 Å². The van der Waals surface area contributed by atoms with Crippen LogP contribution in [0.2, 0.25) is 0 Å². The second kappa shape index (κ2) is 7.52.